The fraction of sp³-hybridized carbons (Fsp3) is 0.533. The Labute approximate surface area is 119 Å². The summed E-state index contributed by atoms with van der Waals surface area (Å²) >= 11 is 6.12. The molecule has 0 bridgehead atoms. The predicted molar refractivity (Wildman–Crippen MR) is 76.1 cm³/mol. The second-order valence-corrected chi connectivity index (χ2v) is 5.73. The van der Waals surface area contributed by atoms with Crippen LogP contribution in [0.25, 0.3) is 0 Å². The van der Waals surface area contributed by atoms with Gasteiger partial charge in [-0.2, -0.15) is 0 Å². The van der Waals surface area contributed by atoms with Gasteiger partial charge in [0.15, 0.2) is 0 Å². The Kier molecular flexibility index (Phi) is 4.83. The maximum Gasteiger partial charge on any atom is 0.225 e. The maximum absolute atomic E-state index is 12.3. The Morgan fingerprint density at radius 2 is 2.26 bits per heavy atom. The summed E-state index contributed by atoms with van der Waals surface area (Å²) < 4.78 is 0. The van der Waals surface area contributed by atoms with Gasteiger partial charge in [-0.05, 0) is 24.5 Å². The molecule has 2 atom stereocenters. The van der Waals surface area contributed by atoms with E-state index in [0.717, 1.165) is 23.6 Å². The van der Waals surface area contributed by atoms with Crippen molar-refractivity contribution < 1.29 is 9.90 Å². The first-order chi connectivity index (χ1) is 9.11. The topological polar surface area (TPSA) is 40.5 Å². The molecule has 4 heteroatoms. The zero-order valence-corrected chi connectivity index (χ0v) is 11.9. The summed E-state index contributed by atoms with van der Waals surface area (Å²) in [4.78, 5) is 14.2. The van der Waals surface area contributed by atoms with E-state index in [9.17, 15) is 4.79 Å². The average molecular weight is 282 g/mol. The van der Waals surface area contributed by atoms with Crippen LogP contribution < -0.4 is 0 Å². The minimum absolute atomic E-state index is 0.0719. The van der Waals surface area contributed by atoms with Crippen LogP contribution in [0.5, 0.6) is 0 Å². The summed E-state index contributed by atoms with van der Waals surface area (Å²) in [6.45, 7) is 3.56. The number of hydrogen-bond donors (Lipinski definition) is 1. The number of nitrogens with zero attached hydrogens (tertiary/aromatic N) is 1. The van der Waals surface area contributed by atoms with Crippen LogP contribution in [-0.4, -0.2) is 35.6 Å². The Bertz CT molecular complexity index is 450. The molecular formula is C15H20ClNO2. The molecule has 1 saturated heterocycles. The van der Waals surface area contributed by atoms with Crippen molar-refractivity contribution in [3.8, 4) is 0 Å². The van der Waals surface area contributed by atoms with Crippen molar-refractivity contribution in [3.05, 3.63) is 34.9 Å². The molecule has 3 nitrogen and oxygen atoms in total. The number of aliphatic hydroxyl groups excluding tert-OH is 1. The van der Waals surface area contributed by atoms with E-state index in [0.29, 0.717) is 13.0 Å². The molecule has 1 aromatic carbocycles. The minimum Gasteiger partial charge on any atom is -0.396 e. The van der Waals surface area contributed by atoms with Crippen molar-refractivity contribution in [2.75, 3.05) is 19.7 Å². The molecular weight excluding hydrogens is 262 g/mol. The predicted octanol–water partition coefficient (Wildman–Crippen LogP) is 2.36. The SMILES string of the molecule is CC(Cc1ccccc1Cl)C(=O)N1CCC(CO)C1. The van der Waals surface area contributed by atoms with E-state index in [2.05, 4.69) is 0 Å². The van der Waals surface area contributed by atoms with Crippen LogP contribution in [0.2, 0.25) is 5.02 Å². The summed E-state index contributed by atoms with van der Waals surface area (Å²) in [6, 6.07) is 7.65. The first-order valence-electron chi connectivity index (χ1n) is 6.75. The molecule has 0 radical (unpaired) electrons. The highest BCUT2D eigenvalue weighted by molar-refractivity contribution is 6.31. The van der Waals surface area contributed by atoms with Crippen molar-refractivity contribution in [1.29, 1.82) is 0 Å². The Hall–Kier alpha value is -1.06. The van der Waals surface area contributed by atoms with Gasteiger partial charge in [0.05, 0.1) is 0 Å². The Morgan fingerprint density at radius 3 is 2.89 bits per heavy atom. The monoisotopic (exact) mass is 281 g/mol. The average Bonchev–Trinajstić information content (AvgIpc) is 2.89. The van der Waals surface area contributed by atoms with Gasteiger partial charge in [0.25, 0.3) is 0 Å². The highest BCUT2D eigenvalue weighted by atomic mass is 35.5. The molecule has 0 aromatic heterocycles. The molecule has 1 aromatic rings. The van der Waals surface area contributed by atoms with E-state index in [-0.39, 0.29) is 24.3 Å². The van der Waals surface area contributed by atoms with Gasteiger partial charge in [-0.1, -0.05) is 36.7 Å². The lowest BCUT2D eigenvalue weighted by Gasteiger charge is -2.21. The third-order valence-corrected chi connectivity index (χ3v) is 4.13. The molecule has 19 heavy (non-hydrogen) atoms. The molecule has 1 fully saturated rings. The van der Waals surface area contributed by atoms with E-state index in [4.69, 9.17) is 16.7 Å². The number of likely N-dealkylation sites (tertiary alicyclic amines) is 1. The normalized spacial score (nSPS) is 20.6. The lowest BCUT2D eigenvalue weighted by molar-refractivity contribution is -0.134. The van der Waals surface area contributed by atoms with Crippen molar-refractivity contribution in [2.45, 2.75) is 19.8 Å². The van der Waals surface area contributed by atoms with Gasteiger partial charge >= 0.3 is 0 Å². The lowest BCUT2D eigenvalue weighted by Crippen LogP contribution is -2.34. The van der Waals surface area contributed by atoms with Gasteiger partial charge in [-0.15, -0.1) is 0 Å². The minimum atomic E-state index is -0.0719. The highest BCUT2D eigenvalue weighted by Crippen LogP contribution is 2.22. The fourth-order valence-electron chi connectivity index (χ4n) is 2.57. The molecule has 1 aliphatic rings. The molecule has 1 amide bonds. The summed E-state index contributed by atoms with van der Waals surface area (Å²) in [5, 5.41) is 9.84. The van der Waals surface area contributed by atoms with E-state index >= 15 is 0 Å². The number of benzene rings is 1. The number of amides is 1. The number of rotatable bonds is 4. The van der Waals surface area contributed by atoms with E-state index in [1.54, 1.807) is 0 Å². The van der Waals surface area contributed by atoms with E-state index < -0.39 is 0 Å². The largest absolute Gasteiger partial charge is 0.396 e. The summed E-state index contributed by atoms with van der Waals surface area (Å²) in [5.74, 6) is 0.338. The second-order valence-electron chi connectivity index (χ2n) is 5.32. The molecule has 2 rings (SSSR count). The molecule has 0 aliphatic carbocycles. The van der Waals surface area contributed by atoms with Crippen molar-refractivity contribution in [1.82, 2.24) is 4.90 Å². The Balaban J connectivity index is 1.95. The van der Waals surface area contributed by atoms with E-state index in [1.807, 2.05) is 36.1 Å². The van der Waals surface area contributed by atoms with Gasteiger partial charge in [-0.25, -0.2) is 0 Å². The highest BCUT2D eigenvalue weighted by Gasteiger charge is 2.28. The molecule has 0 saturated carbocycles. The summed E-state index contributed by atoms with van der Waals surface area (Å²) in [7, 11) is 0. The molecule has 1 N–H and O–H groups in total. The molecule has 104 valence electrons. The third-order valence-electron chi connectivity index (χ3n) is 3.76. The first-order valence-corrected chi connectivity index (χ1v) is 7.12. The van der Waals surface area contributed by atoms with Crippen LogP contribution in [0.4, 0.5) is 0 Å². The molecule has 1 aliphatic heterocycles. The number of carbonyl (C=O) groups is 1. The number of halogens is 1. The Morgan fingerprint density at radius 1 is 1.53 bits per heavy atom. The number of carbonyl (C=O) groups excluding carboxylic acids is 1. The molecule has 0 spiro atoms. The standard InChI is InChI=1S/C15H20ClNO2/c1-11(8-13-4-2-3-5-14(13)16)15(19)17-7-6-12(9-17)10-18/h2-5,11-12,18H,6-10H2,1H3. The van der Waals surface area contributed by atoms with Crippen LogP contribution in [0.15, 0.2) is 24.3 Å². The molecule has 2 unspecified atom stereocenters. The fourth-order valence-corrected chi connectivity index (χ4v) is 2.79. The number of hydrogen-bond acceptors (Lipinski definition) is 2. The maximum atomic E-state index is 12.3. The quantitative estimate of drug-likeness (QED) is 0.920. The van der Waals surface area contributed by atoms with Gasteiger partial charge < -0.3 is 10.0 Å². The van der Waals surface area contributed by atoms with Crippen molar-refractivity contribution >= 4 is 17.5 Å². The van der Waals surface area contributed by atoms with Gasteiger partial charge in [0.1, 0.15) is 0 Å². The smallest absolute Gasteiger partial charge is 0.225 e. The van der Waals surface area contributed by atoms with Crippen LogP contribution in [-0.2, 0) is 11.2 Å². The first kappa shape index (κ1) is 14.4. The summed E-state index contributed by atoms with van der Waals surface area (Å²) in [5.41, 5.74) is 1.02. The molecule has 1 heterocycles. The third kappa shape index (κ3) is 3.48. The zero-order valence-electron chi connectivity index (χ0n) is 11.2. The zero-order chi connectivity index (χ0) is 13.8. The second kappa shape index (κ2) is 6.40. The van der Waals surface area contributed by atoms with Crippen LogP contribution in [0.3, 0.4) is 0 Å². The number of aliphatic hydroxyl groups is 1. The van der Waals surface area contributed by atoms with Crippen molar-refractivity contribution in [3.63, 3.8) is 0 Å². The van der Waals surface area contributed by atoms with Crippen LogP contribution in [0, 0.1) is 11.8 Å². The van der Waals surface area contributed by atoms with Crippen LogP contribution in [0.1, 0.15) is 18.9 Å². The van der Waals surface area contributed by atoms with Gasteiger partial charge in [0.2, 0.25) is 5.91 Å². The van der Waals surface area contributed by atoms with Gasteiger partial charge in [-0.3, -0.25) is 4.79 Å². The summed E-state index contributed by atoms with van der Waals surface area (Å²) in [6.07, 6.45) is 1.57. The van der Waals surface area contributed by atoms with Crippen LogP contribution >= 0.6 is 11.6 Å². The van der Waals surface area contributed by atoms with Crippen molar-refractivity contribution in [2.24, 2.45) is 11.8 Å². The lowest BCUT2D eigenvalue weighted by atomic mass is 10.00. The van der Waals surface area contributed by atoms with Gasteiger partial charge in [0, 0.05) is 36.6 Å². The van der Waals surface area contributed by atoms with E-state index in [1.165, 1.54) is 0 Å².